The minimum absolute atomic E-state index is 0.280. The Labute approximate surface area is 128 Å². The second-order valence-corrected chi connectivity index (χ2v) is 5.49. The molecule has 2 aromatic rings. The fraction of sp³-hybridized carbons (Fsp3) is 0.200. The predicted octanol–water partition coefficient (Wildman–Crippen LogP) is 4.81. The molecule has 0 aliphatic carbocycles. The molecule has 0 bridgehead atoms. The number of rotatable bonds is 4. The molecule has 0 aromatic heterocycles. The summed E-state index contributed by atoms with van der Waals surface area (Å²) in [5, 5.41) is 4.30. The molecular formula is C15H15Cl2FN2. The smallest absolute Gasteiger partial charge is 0.128 e. The molecule has 0 spiro atoms. The third-order valence-electron chi connectivity index (χ3n) is 2.92. The van der Waals surface area contributed by atoms with E-state index in [0.29, 0.717) is 22.2 Å². The third kappa shape index (κ3) is 3.56. The molecule has 1 N–H and O–H groups in total. The minimum Gasteiger partial charge on any atom is -0.381 e. The molecule has 20 heavy (non-hydrogen) atoms. The van der Waals surface area contributed by atoms with Crippen molar-refractivity contribution in [1.82, 2.24) is 0 Å². The number of halogens is 3. The van der Waals surface area contributed by atoms with E-state index in [1.807, 2.05) is 37.2 Å². The lowest BCUT2D eigenvalue weighted by atomic mass is 10.2. The van der Waals surface area contributed by atoms with E-state index in [0.717, 1.165) is 11.4 Å². The van der Waals surface area contributed by atoms with Crippen LogP contribution in [0.5, 0.6) is 0 Å². The van der Waals surface area contributed by atoms with E-state index in [2.05, 4.69) is 5.32 Å². The van der Waals surface area contributed by atoms with E-state index in [1.54, 1.807) is 6.07 Å². The molecule has 0 unspecified atom stereocenters. The maximum atomic E-state index is 13.6. The van der Waals surface area contributed by atoms with Gasteiger partial charge in [-0.05, 0) is 36.4 Å². The Bertz CT molecular complexity index is 615. The highest BCUT2D eigenvalue weighted by molar-refractivity contribution is 6.33. The van der Waals surface area contributed by atoms with Gasteiger partial charge in [0.2, 0.25) is 0 Å². The highest BCUT2D eigenvalue weighted by Crippen LogP contribution is 2.27. The van der Waals surface area contributed by atoms with Crippen LogP contribution in [0.2, 0.25) is 10.0 Å². The van der Waals surface area contributed by atoms with Gasteiger partial charge in [0.25, 0.3) is 0 Å². The van der Waals surface area contributed by atoms with Crippen molar-refractivity contribution in [3.05, 3.63) is 57.8 Å². The molecule has 5 heteroatoms. The van der Waals surface area contributed by atoms with E-state index < -0.39 is 0 Å². The summed E-state index contributed by atoms with van der Waals surface area (Å²) < 4.78 is 13.6. The Morgan fingerprint density at radius 1 is 1.10 bits per heavy atom. The van der Waals surface area contributed by atoms with Crippen LogP contribution in [-0.4, -0.2) is 14.1 Å². The Balaban J connectivity index is 2.11. The van der Waals surface area contributed by atoms with Gasteiger partial charge in [-0.2, -0.15) is 0 Å². The van der Waals surface area contributed by atoms with Crippen molar-refractivity contribution in [3.8, 4) is 0 Å². The zero-order valence-electron chi connectivity index (χ0n) is 11.3. The second-order valence-electron chi connectivity index (χ2n) is 4.65. The fourth-order valence-electron chi connectivity index (χ4n) is 1.86. The van der Waals surface area contributed by atoms with Gasteiger partial charge in [-0.1, -0.05) is 23.2 Å². The van der Waals surface area contributed by atoms with Crippen LogP contribution in [0.4, 0.5) is 15.8 Å². The summed E-state index contributed by atoms with van der Waals surface area (Å²) in [6, 6.07) is 10.1. The van der Waals surface area contributed by atoms with Crippen LogP contribution in [0.25, 0.3) is 0 Å². The topological polar surface area (TPSA) is 15.3 Å². The molecule has 0 saturated carbocycles. The van der Waals surface area contributed by atoms with Crippen LogP contribution < -0.4 is 10.2 Å². The second kappa shape index (κ2) is 6.33. The van der Waals surface area contributed by atoms with Gasteiger partial charge < -0.3 is 10.2 Å². The van der Waals surface area contributed by atoms with E-state index in [1.165, 1.54) is 12.1 Å². The van der Waals surface area contributed by atoms with Crippen LogP contribution in [0, 0.1) is 5.82 Å². The van der Waals surface area contributed by atoms with Crippen LogP contribution >= 0.6 is 23.2 Å². The number of benzene rings is 2. The highest BCUT2D eigenvalue weighted by Gasteiger charge is 2.06. The lowest BCUT2D eigenvalue weighted by Crippen LogP contribution is -2.09. The van der Waals surface area contributed by atoms with Gasteiger partial charge in [0.05, 0.1) is 10.7 Å². The highest BCUT2D eigenvalue weighted by atomic mass is 35.5. The number of hydrogen-bond acceptors (Lipinski definition) is 2. The van der Waals surface area contributed by atoms with Crippen LogP contribution in [0.15, 0.2) is 36.4 Å². The number of anilines is 2. The predicted molar refractivity (Wildman–Crippen MR) is 84.5 cm³/mol. The monoisotopic (exact) mass is 312 g/mol. The van der Waals surface area contributed by atoms with Crippen molar-refractivity contribution in [1.29, 1.82) is 0 Å². The quantitative estimate of drug-likeness (QED) is 0.871. The van der Waals surface area contributed by atoms with E-state index >= 15 is 0 Å². The molecule has 0 aliphatic rings. The molecule has 0 aliphatic heterocycles. The van der Waals surface area contributed by atoms with Crippen LogP contribution in [0.3, 0.4) is 0 Å². The van der Waals surface area contributed by atoms with Gasteiger partial charge in [-0.25, -0.2) is 4.39 Å². The van der Waals surface area contributed by atoms with Gasteiger partial charge in [0.1, 0.15) is 5.82 Å². The van der Waals surface area contributed by atoms with Crippen LogP contribution in [0.1, 0.15) is 5.56 Å². The van der Waals surface area contributed by atoms with Crippen molar-refractivity contribution in [2.45, 2.75) is 6.54 Å². The van der Waals surface area contributed by atoms with Crippen molar-refractivity contribution in [2.75, 3.05) is 24.3 Å². The molecule has 2 nitrogen and oxygen atoms in total. The van der Waals surface area contributed by atoms with Gasteiger partial charge >= 0.3 is 0 Å². The lowest BCUT2D eigenvalue weighted by Gasteiger charge is -2.16. The summed E-state index contributed by atoms with van der Waals surface area (Å²) in [5.74, 6) is -0.280. The van der Waals surface area contributed by atoms with E-state index in [-0.39, 0.29) is 5.82 Å². The van der Waals surface area contributed by atoms with E-state index in [4.69, 9.17) is 23.2 Å². The number of nitrogens with zero attached hydrogens (tertiary/aromatic N) is 1. The van der Waals surface area contributed by atoms with Crippen molar-refractivity contribution in [3.63, 3.8) is 0 Å². The summed E-state index contributed by atoms with van der Waals surface area (Å²) in [6.07, 6.45) is 0. The summed E-state index contributed by atoms with van der Waals surface area (Å²) in [7, 11) is 3.85. The average molecular weight is 313 g/mol. The number of hydrogen-bond donors (Lipinski definition) is 1. The van der Waals surface area contributed by atoms with Gasteiger partial charge in [-0.3, -0.25) is 0 Å². The van der Waals surface area contributed by atoms with Gasteiger partial charge in [0, 0.05) is 36.9 Å². The lowest BCUT2D eigenvalue weighted by molar-refractivity contribution is 0.613. The Hall–Kier alpha value is -1.45. The molecule has 2 aromatic carbocycles. The molecule has 0 saturated heterocycles. The SMILES string of the molecule is CN(C)c1ccc(NCc2cc(Cl)ccc2F)cc1Cl. The normalized spacial score (nSPS) is 10.4. The van der Waals surface area contributed by atoms with Crippen LogP contribution in [-0.2, 0) is 6.54 Å². The van der Waals surface area contributed by atoms with Crippen molar-refractivity contribution in [2.24, 2.45) is 0 Å². The first kappa shape index (κ1) is 14.9. The summed E-state index contributed by atoms with van der Waals surface area (Å²) in [6.45, 7) is 0.351. The Morgan fingerprint density at radius 2 is 1.85 bits per heavy atom. The first-order chi connectivity index (χ1) is 9.47. The van der Waals surface area contributed by atoms with Crippen molar-refractivity contribution >= 4 is 34.6 Å². The molecule has 0 heterocycles. The molecule has 0 fully saturated rings. The fourth-order valence-corrected chi connectivity index (χ4v) is 2.40. The first-order valence-corrected chi connectivity index (χ1v) is 6.87. The van der Waals surface area contributed by atoms with Gasteiger partial charge in [0.15, 0.2) is 0 Å². The molecule has 0 amide bonds. The number of nitrogens with one attached hydrogen (secondary N) is 1. The molecule has 0 radical (unpaired) electrons. The first-order valence-electron chi connectivity index (χ1n) is 6.12. The summed E-state index contributed by atoms with van der Waals surface area (Å²) in [5.41, 5.74) is 2.29. The molecule has 2 rings (SSSR count). The standard InChI is InChI=1S/C15H15Cl2FN2/c1-20(2)15-6-4-12(8-13(15)17)19-9-10-7-11(16)3-5-14(10)18/h3-8,19H,9H2,1-2H3. The zero-order valence-corrected chi connectivity index (χ0v) is 12.8. The Morgan fingerprint density at radius 3 is 2.50 bits per heavy atom. The van der Waals surface area contributed by atoms with Gasteiger partial charge in [-0.15, -0.1) is 0 Å². The van der Waals surface area contributed by atoms with Crippen molar-refractivity contribution < 1.29 is 4.39 Å². The minimum atomic E-state index is -0.280. The van der Waals surface area contributed by atoms with E-state index in [9.17, 15) is 4.39 Å². The maximum Gasteiger partial charge on any atom is 0.128 e. The third-order valence-corrected chi connectivity index (χ3v) is 3.46. The molecule has 106 valence electrons. The average Bonchev–Trinajstić information content (AvgIpc) is 2.39. The molecule has 0 atom stereocenters. The zero-order chi connectivity index (χ0) is 14.7. The summed E-state index contributed by atoms with van der Waals surface area (Å²) in [4.78, 5) is 1.93. The largest absolute Gasteiger partial charge is 0.381 e. The maximum absolute atomic E-state index is 13.6. The molecular weight excluding hydrogens is 298 g/mol. The Kier molecular flexibility index (Phi) is 4.73. The summed E-state index contributed by atoms with van der Waals surface area (Å²) >= 11 is 12.0.